The molecule has 0 aliphatic carbocycles. The summed E-state index contributed by atoms with van der Waals surface area (Å²) in [6.07, 6.45) is 0.273. The lowest BCUT2D eigenvalue weighted by atomic mass is 10.1. The van der Waals surface area contributed by atoms with Gasteiger partial charge in [0.25, 0.3) is 0 Å². The van der Waals surface area contributed by atoms with Crippen molar-refractivity contribution in [3.05, 3.63) is 29.8 Å². The van der Waals surface area contributed by atoms with Crippen LogP contribution < -0.4 is 5.73 Å². The number of thiol groups is 1. The van der Waals surface area contributed by atoms with E-state index in [9.17, 15) is 4.79 Å². The zero-order valence-corrected chi connectivity index (χ0v) is 9.13. The molecule has 0 bridgehead atoms. The number of carboxylic acid groups (broad SMARTS) is 1. The van der Waals surface area contributed by atoms with Crippen molar-refractivity contribution in [3.8, 4) is 5.75 Å². The first kappa shape index (κ1) is 14.4. The van der Waals surface area contributed by atoms with Gasteiger partial charge in [0, 0.05) is 0 Å². The molecule has 0 aromatic heterocycles. The van der Waals surface area contributed by atoms with Gasteiger partial charge < -0.3 is 24.4 Å². The van der Waals surface area contributed by atoms with E-state index >= 15 is 0 Å². The Bertz CT molecular complexity index is 372. The third-order valence-corrected chi connectivity index (χ3v) is 1.71. The minimum absolute atomic E-state index is 0.160. The topological polar surface area (TPSA) is 118 Å². The monoisotopic (exact) mass is 246 g/mol. The van der Waals surface area contributed by atoms with E-state index in [0.29, 0.717) is 0 Å². The Hall–Kier alpha value is -1.60. The molecule has 4 N–H and O–H groups in total. The van der Waals surface area contributed by atoms with Crippen LogP contribution in [0.25, 0.3) is 0 Å². The lowest BCUT2D eigenvalue weighted by Gasteiger charge is -2.05. The zero-order valence-electron chi connectivity index (χ0n) is 8.24. The van der Waals surface area contributed by atoms with Crippen LogP contribution in [0.2, 0.25) is 0 Å². The van der Waals surface area contributed by atoms with E-state index in [1.54, 1.807) is 12.1 Å². The van der Waals surface area contributed by atoms with Crippen molar-refractivity contribution >= 4 is 17.5 Å². The minimum Gasteiger partial charge on any atom is -0.508 e. The fraction of sp³-hybridized carbons (Fsp3) is 0.222. The van der Waals surface area contributed by atoms with Gasteiger partial charge in [-0.3, -0.25) is 4.79 Å². The summed E-state index contributed by atoms with van der Waals surface area (Å²) in [5.74, 6) is -0.860. The molecule has 0 radical (unpaired) electrons. The summed E-state index contributed by atoms with van der Waals surface area (Å²) >= 11 is -1.08. The summed E-state index contributed by atoms with van der Waals surface area (Å²) in [5, 5.41) is 17.5. The van der Waals surface area contributed by atoms with Crippen LogP contribution in [0.4, 0.5) is 0 Å². The normalized spacial score (nSPS) is 11.1. The summed E-state index contributed by atoms with van der Waals surface area (Å²) < 4.78 is 16.7. The fourth-order valence-corrected chi connectivity index (χ4v) is 0.973. The molecule has 7 heteroatoms. The second kappa shape index (κ2) is 7.66. The van der Waals surface area contributed by atoms with Gasteiger partial charge in [-0.2, -0.15) is 0 Å². The van der Waals surface area contributed by atoms with Crippen LogP contribution >= 0.6 is 0 Å². The largest absolute Gasteiger partial charge is 0.508 e. The molecule has 0 amide bonds. The Morgan fingerprint density at radius 1 is 1.31 bits per heavy atom. The Morgan fingerprint density at radius 2 is 1.75 bits per heavy atom. The summed E-state index contributed by atoms with van der Waals surface area (Å²) in [4.78, 5) is 10.4. The highest BCUT2D eigenvalue weighted by atomic mass is 32.1. The van der Waals surface area contributed by atoms with Gasteiger partial charge in [-0.05, 0) is 24.1 Å². The third-order valence-electron chi connectivity index (χ3n) is 1.71. The van der Waals surface area contributed by atoms with Crippen molar-refractivity contribution in [2.45, 2.75) is 12.5 Å². The molecule has 0 spiro atoms. The molecule has 0 fully saturated rings. The Labute approximate surface area is 95.3 Å². The summed E-state index contributed by atoms with van der Waals surface area (Å²) in [7, 11) is 0. The number of phenolic OH excluding ortho intramolecular Hbond substituents is 1. The van der Waals surface area contributed by atoms with E-state index in [-0.39, 0.29) is 12.2 Å². The second-order valence-corrected chi connectivity index (χ2v) is 3.04. The van der Waals surface area contributed by atoms with Gasteiger partial charge in [0.1, 0.15) is 11.8 Å². The van der Waals surface area contributed by atoms with Crippen LogP contribution in [-0.4, -0.2) is 22.2 Å². The minimum atomic E-state index is -1.08. The maximum atomic E-state index is 10.4. The van der Waals surface area contributed by atoms with Crippen molar-refractivity contribution in [3.63, 3.8) is 0 Å². The molecule has 1 aromatic carbocycles. The Morgan fingerprint density at radius 3 is 2.12 bits per heavy atom. The van der Waals surface area contributed by atoms with Gasteiger partial charge in [0.2, 0.25) is 0 Å². The lowest BCUT2D eigenvalue weighted by Crippen LogP contribution is -2.32. The molecule has 90 valence electrons. The molecular formula is C9H12NO5S-. The van der Waals surface area contributed by atoms with Crippen molar-refractivity contribution in [2.75, 3.05) is 0 Å². The van der Waals surface area contributed by atoms with Gasteiger partial charge in [-0.1, -0.05) is 23.7 Å². The van der Waals surface area contributed by atoms with Crippen LogP contribution in [0, 0.1) is 0 Å². The first-order chi connectivity index (χ1) is 7.51. The highest BCUT2D eigenvalue weighted by Crippen LogP contribution is 2.10. The average Bonchev–Trinajstić information content (AvgIpc) is 2.22. The molecule has 0 unspecified atom stereocenters. The molecule has 0 heterocycles. The number of rotatable bonds is 3. The molecule has 0 saturated carbocycles. The van der Waals surface area contributed by atoms with E-state index in [0.717, 1.165) is 5.56 Å². The number of carbonyl (C=O) groups is 1. The number of nitrogens with two attached hydrogens (primary N) is 1. The van der Waals surface area contributed by atoms with Crippen molar-refractivity contribution in [1.82, 2.24) is 0 Å². The van der Waals surface area contributed by atoms with Crippen LogP contribution in [0.3, 0.4) is 0 Å². The molecule has 6 nitrogen and oxygen atoms in total. The number of carboxylic acids is 1. The van der Waals surface area contributed by atoms with E-state index < -0.39 is 23.6 Å². The lowest BCUT2D eigenvalue weighted by molar-refractivity contribution is -0.138. The molecule has 1 rings (SSSR count). The number of hydrogen-bond acceptors (Lipinski definition) is 6. The quantitative estimate of drug-likeness (QED) is 0.503. The predicted molar refractivity (Wildman–Crippen MR) is 57.6 cm³/mol. The second-order valence-electron chi connectivity index (χ2n) is 2.89. The summed E-state index contributed by atoms with van der Waals surface area (Å²) in [5.41, 5.74) is 6.12. The standard InChI is InChI=1S/C9H11NO3.HO2S/c10-8(9(12)13)5-6-1-3-7(11)4-2-6;1-3-2/h1-4,8,11H,5,10H2,(H,12,13);3H/q;-1/t8-;/m0./s1. The first-order valence-corrected chi connectivity index (χ1v) is 4.95. The highest BCUT2D eigenvalue weighted by molar-refractivity contribution is 7.51. The van der Waals surface area contributed by atoms with Gasteiger partial charge >= 0.3 is 5.97 Å². The number of phenols is 1. The molecule has 16 heavy (non-hydrogen) atoms. The molecule has 1 atom stereocenters. The molecule has 0 aliphatic rings. The van der Waals surface area contributed by atoms with E-state index in [4.69, 9.17) is 24.4 Å². The van der Waals surface area contributed by atoms with Crippen LogP contribution in [0.5, 0.6) is 5.75 Å². The van der Waals surface area contributed by atoms with Crippen LogP contribution in [-0.2, 0) is 31.2 Å². The third kappa shape index (κ3) is 5.99. The first-order valence-electron chi connectivity index (χ1n) is 4.22. The van der Waals surface area contributed by atoms with E-state index in [2.05, 4.69) is 0 Å². The van der Waals surface area contributed by atoms with Crippen molar-refractivity contribution in [1.29, 1.82) is 0 Å². The smallest absolute Gasteiger partial charge is 0.320 e. The van der Waals surface area contributed by atoms with Crippen LogP contribution in [0.1, 0.15) is 5.56 Å². The molecule has 0 aliphatic heterocycles. The van der Waals surface area contributed by atoms with Gasteiger partial charge in [-0.25, -0.2) is 0 Å². The van der Waals surface area contributed by atoms with Gasteiger partial charge in [-0.15, -0.1) is 0 Å². The molecular weight excluding hydrogens is 234 g/mol. The maximum absolute atomic E-state index is 10.4. The molecule has 1 aromatic rings. The maximum Gasteiger partial charge on any atom is 0.320 e. The number of hydrogen-bond donors (Lipinski definition) is 3. The molecule has 0 saturated heterocycles. The number of aliphatic carboxylic acids is 1. The van der Waals surface area contributed by atoms with Crippen molar-refractivity contribution < 1.29 is 23.4 Å². The Balaban J connectivity index is 0.000000673. The van der Waals surface area contributed by atoms with E-state index in [1.165, 1.54) is 12.1 Å². The van der Waals surface area contributed by atoms with Crippen LogP contribution in [0.15, 0.2) is 24.3 Å². The summed E-state index contributed by atoms with van der Waals surface area (Å²) in [6, 6.07) is 5.42. The fourth-order valence-electron chi connectivity index (χ4n) is 0.973. The van der Waals surface area contributed by atoms with E-state index in [1.807, 2.05) is 0 Å². The highest BCUT2D eigenvalue weighted by Gasteiger charge is 2.11. The zero-order chi connectivity index (χ0) is 12.6. The number of aromatic hydroxyl groups is 1. The Kier molecular flexibility index (Phi) is 6.89. The van der Waals surface area contributed by atoms with Gasteiger partial charge in [0.15, 0.2) is 0 Å². The van der Waals surface area contributed by atoms with Gasteiger partial charge in [0.05, 0.1) is 0 Å². The van der Waals surface area contributed by atoms with Crippen molar-refractivity contribution in [2.24, 2.45) is 5.73 Å². The average molecular weight is 246 g/mol. The SMILES string of the molecule is N[C@@H](Cc1ccc(O)cc1)C(=O)O.O=[SH-]=O. The number of benzene rings is 1. The summed E-state index contributed by atoms with van der Waals surface area (Å²) in [6.45, 7) is 0. The predicted octanol–water partition coefficient (Wildman–Crippen LogP) is -0.161.